The third-order valence-electron chi connectivity index (χ3n) is 8.51. The summed E-state index contributed by atoms with van der Waals surface area (Å²) < 4.78 is 0. The van der Waals surface area contributed by atoms with Gasteiger partial charge < -0.3 is 41.7 Å². The minimum absolute atomic E-state index is 0.00280. The molecule has 0 saturated carbocycles. The molecule has 2 aliphatic heterocycles. The molecule has 1 aromatic carbocycles. The van der Waals surface area contributed by atoms with Crippen LogP contribution < -0.4 is 21.3 Å². The molecule has 1 aromatic rings. The number of nitrogens with one attached hydrogen (secondary N) is 4. The number of carbonyl (C=O) groups excluding carboxylic acids is 6. The summed E-state index contributed by atoms with van der Waals surface area (Å²) in [7, 11) is 0. The summed E-state index contributed by atoms with van der Waals surface area (Å²) >= 11 is 0. The van der Waals surface area contributed by atoms with Gasteiger partial charge >= 0.3 is 0 Å². The minimum Gasteiger partial charge on any atom is -0.504 e. The van der Waals surface area contributed by atoms with Crippen LogP contribution in [0.25, 0.3) is 0 Å². The average Bonchev–Trinajstić information content (AvgIpc) is 3.13. The number of phenolic OH excluding ortho intramolecular Hbond substituents is 3. The Morgan fingerprint density at radius 3 is 1.90 bits per heavy atom. The predicted molar refractivity (Wildman–Crippen MR) is 142 cm³/mol. The maximum atomic E-state index is 13.4. The second kappa shape index (κ2) is 11.1. The van der Waals surface area contributed by atoms with Gasteiger partial charge in [-0.1, -0.05) is 6.08 Å². The molecular weight excluding hydrogens is 552 g/mol. The molecule has 2 saturated heterocycles. The Morgan fingerprint density at radius 2 is 1.38 bits per heavy atom. The van der Waals surface area contributed by atoms with Gasteiger partial charge in [-0.15, -0.1) is 0 Å². The molecule has 42 heavy (non-hydrogen) atoms. The van der Waals surface area contributed by atoms with Crippen molar-refractivity contribution in [3.05, 3.63) is 28.3 Å². The second-order valence-corrected chi connectivity index (χ2v) is 11.0. The summed E-state index contributed by atoms with van der Waals surface area (Å²) in [6.45, 7) is 0.328. The maximum Gasteiger partial charge on any atom is 0.224 e. The van der Waals surface area contributed by atoms with Crippen molar-refractivity contribution < 1.29 is 49.2 Å². The quantitative estimate of drug-likeness (QED) is 0.129. The fourth-order valence-corrected chi connectivity index (χ4v) is 6.14. The first-order valence-electron chi connectivity index (χ1n) is 13.9. The van der Waals surface area contributed by atoms with E-state index in [1.165, 1.54) is 6.08 Å². The topological polar surface area (TPSA) is 231 Å². The monoisotopic (exact) mass is 584 g/mol. The van der Waals surface area contributed by atoms with Gasteiger partial charge in [-0.05, 0) is 36.8 Å². The van der Waals surface area contributed by atoms with Crippen molar-refractivity contribution in [1.82, 2.24) is 21.3 Å². The Bertz CT molecular complexity index is 1420. The number of ketones is 2. The Balaban J connectivity index is 1.34. The van der Waals surface area contributed by atoms with Crippen molar-refractivity contribution in [2.24, 2.45) is 11.8 Å². The number of benzene rings is 1. The molecule has 4 atom stereocenters. The van der Waals surface area contributed by atoms with Crippen LogP contribution in [0.2, 0.25) is 0 Å². The molecule has 0 aromatic heterocycles. The molecule has 2 bridgehead atoms. The molecule has 0 radical (unpaired) electrons. The molecule has 4 aliphatic rings. The standard InChI is InChI=1S/C28H32N4O10/c33-17-3-1-13(10-31-17)26(40)29-7-5-12-9-16-19-15(6-8-30-27(41)14-2-4-18(34)32-11-14)21(35)23(37)22(36)20(19)28(42,24(12)38)25(16)39/h9,13-14,16,35-37,42H,1-8,10-11H2,(H,29,40)(H,30,41)(H,31,33)(H,32,34)/t13?,14?,16-,28+/m1/s1. The number of rotatable bonds is 8. The van der Waals surface area contributed by atoms with E-state index in [0.29, 0.717) is 12.8 Å². The largest absolute Gasteiger partial charge is 0.504 e. The number of carbonyl (C=O) groups is 6. The van der Waals surface area contributed by atoms with Gasteiger partial charge in [0.05, 0.1) is 17.8 Å². The van der Waals surface area contributed by atoms with Crippen molar-refractivity contribution in [2.45, 2.75) is 50.0 Å². The second-order valence-electron chi connectivity index (χ2n) is 11.0. The highest BCUT2D eigenvalue weighted by molar-refractivity contribution is 6.25. The lowest BCUT2D eigenvalue weighted by Crippen LogP contribution is -2.46. The molecule has 2 heterocycles. The predicted octanol–water partition coefficient (Wildman–Crippen LogP) is -1.62. The summed E-state index contributed by atoms with van der Waals surface area (Å²) in [5.74, 6) is -7.75. The van der Waals surface area contributed by atoms with Crippen LogP contribution in [-0.4, -0.2) is 81.8 Å². The van der Waals surface area contributed by atoms with Crippen LogP contribution in [0, 0.1) is 11.8 Å². The summed E-state index contributed by atoms with van der Waals surface area (Å²) in [6.07, 6.45) is 2.36. The molecule has 2 fully saturated rings. The molecular formula is C28H32N4O10. The number of Topliss-reactive ketones (excluding diaryl/α,β-unsaturated/α-hetero) is 2. The number of amides is 4. The number of fused-ring (bicyclic) bond motifs is 5. The first-order valence-corrected chi connectivity index (χ1v) is 13.9. The van der Waals surface area contributed by atoms with E-state index in [9.17, 15) is 49.2 Å². The molecule has 14 nitrogen and oxygen atoms in total. The van der Waals surface area contributed by atoms with Crippen molar-refractivity contribution >= 4 is 35.2 Å². The fourth-order valence-electron chi connectivity index (χ4n) is 6.14. The molecule has 8 N–H and O–H groups in total. The van der Waals surface area contributed by atoms with E-state index in [4.69, 9.17) is 0 Å². The molecule has 2 unspecified atom stereocenters. The van der Waals surface area contributed by atoms with Gasteiger partial charge in [0, 0.05) is 50.1 Å². The lowest BCUT2D eigenvalue weighted by Gasteiger charge is -2.26. The fraction of sp³-hybridized carbons (Fsp3) is 0.500. The van der Waals surface area contributed by atoms with Gasteiger partial charge in [-0.2, -0.15) is 0 Å². The Labute approximate surface area is 239 Å². The zero-order chi connectivity index (χ0) is 30.3. The van der Waals surface area contributed by atoms with Gasteiger partial charge in [-0.3, -0.25) is 28.8 Å². The van der Waals surface area contributed by atoms with Gasteiger partial charge in [0.2, 0.25) is 40.8 Å². The van der Waals surface area contributed by atoms with Crippen LogP contribution in [-0.2, 0) is 40.8 Å². The number of aliphatic hydroxyl groups is 1. The summed E-state index contributed by atoms with van der Waals surface area (Å²) in [5, 5.41) is 53.9. The van der Waals surface area contributed by atoms with E-state index in [1.807, 2.05) is 0 Å². The first kappa shape index (κ1) is 29.0. The van der Waals surface area contributed by atoms with E-state index in [0.717, 1.165) is 0 Å². The number of hydrogen-bond donors (Lipinski definition) is 8. The highest BCUT2D eigenvalue weighted by Crippen LogP contribution is 2.58. The molecule has 14 heteroatoms. The molecule has 224 valence electrons. The average molecular weight is 585 g/mol. The summed E-state index contributed by atoms with van der Waals surface area (Å²) in [5.41, 5.74) is -3.35. The molecule has 4 amide bonds. The van der Waals surface area contributed by atoms with E-state index >= 15 is 0 Å². The highest BCUT2D eigenvalue weighted by Gasteiger charge is 2.61. The third kappa shape index (κ3) is 4.85. The van der Waals surface area contributed by atoms with E-state index in [1.54, 1.807) is 0 Å². The number of hydrogen-bond acceptors (Lipinski definition) is 10. The van der Waals surface area contributed by atoms with Crippen LogP contribution in [0.4, 0.5) is 0 Å². The SMILES string of the molecule is O=C1CCC(C(=O)NCCC2=C[C@H]3C(=O)[C@@](O)(C2=O)c2c(O)c(O)c(O)c(CCNC(=O)C4CCC(=O)NC4)c23)CN1. The van der Waals surface area contributed by atoms with Crippen molar-refractivity contribution in [3.63, 3.8) is 0 Å². The normalized spacial score (nSPS) is 26.6. The van der Waals surface area contributed by atoms with Crippen LogP contribution in [0.15, 0.2) is 11.6 Å². The number of allylic oxidation sites excluding steroid dienone is 1. The van der Waals surface area contributed by atoms with Crippen molar-refractivity contribution in [2.75, 3.05) is 26.2 Å². The molecule has 2 aliphatic carbocycles. The van der Waals surface area contributed by atoms with Gasteiger partial charge in [-0.25, -0.2) is 0 Å². The number of piperidine rings is 2. The zero-order valence-electron chi connectivity index (χ0n) is 22.6. The number of aromatic hydroxyl groups is 3. The van der Waals surface area contributed by atoms with Gasteiger partial charge in [0.25, 0.3) is 0 Å². The third-order valence-corrected chi connectivity index (χ3v) is 8.51. The highest BCUT2D eigenvalue weighted by atomic mass is 16.3. The molecule has 0 spiro atoms. The van der Waals surface area contributed by atoms with Gasteiger partial charge in [0.1, 0.15) is 0 Å². The van der Waals surface area contributed by atoms with Gasteiger partial charge in [0.15, 0.2) is 17.3 Å². The molecule has 5 rings (SSSR count). The summed E-state index contributed by atoms with van der Waals surface area (Å²) in [4.78, 5) is 74.4. The van der Waals surface area contributed by atoms with Crippen molar-refractivity contribution in [3.8, 4) is 17.2 Å². The number of phenols is 3. The van der Waals surface area contributed by atoms with Crippen LogP contribution in [0.3, 0.4) is 0 Å². The lowest BCUT2D eigenvalue weighted by atomic mass is 9.79. The Hall–Kier alpha value is -4.46. The minimum atomic E-state index is -2.81. The Kier molecular flexibility index (Phi) is 7.66. The maximum absolute atomic E-state index is 13.4. The zero-order valence-corrected chi connectivity index (χ0v) is 22.6. The van der Waals surface area contributed by atoms with E-state index < -0.39 is 57.7 Å². The van der Waals surface area contributed by atoms with Crippen LogP contribution in [0.1, 0.15) is 54.7 Å². The lowest BCUT2D eigenvalue weighted by molar-refractivity contribution is -0.149. The van der Waals surface area contributed by atoms with E-state index in [2.05, 4.69) is 21.3 Å². The van der Waals surface area contributed by atoms with Crippen LogP contribution >= 0.6 is 0 Å². The smallest absolute Gasteiger partial charge is 0.224 e. The van der Waals surface area contributed by atoms with E-state index in [-0.39, 0.29) is 92.2 Å². The van der Waals surface area contributed by atoms with Crippen molar-refractivity contribution in [1.29, 1.82) is 0 Å². The first-order chi connectivity index (χ1) is 19.9. The summed E-state index contributed by atoms with van der Waals surface area (Å²) in [6, 6.07) is 0. The van der Waals surface area contributed by atoms with Crippen LogP contribution in [0.5, 0.6) is 17.2 Å². The Morgan fingerprint density at radius 1 is 0.833 bits per heavy atom.